The van der Waals surface area contributed by atoms with Gasteiger partial charge in [-0.3, -0.25) is 9.59 Å². The van der Waals surface area contributed by atoms with Gasteiger partial charge in [0, 0.05) is 13.6 Å². The van der Waals surface area contributed by atoms with Gasteiger partial charge in [-0.05, 0) is 61.7 Å². The van der Waals surface area contributed by atoms with E-state index >= 15 is 0 Å². The van der Waals surface area contributed by atoms with Crippen LogP contribution in [0.15, 0.2) is 0 Å². The largest absolute Gasteiger partial charge is 0.370 e. The second kappa shape index (κ2) is 6.36. The third-order valence-electron chi connectivity index (χ3n) is 5.85. The molecule has 0 aromatic carbocycles. The first kappa shape index (κ1) is 17.5. The molecule has 2 amide bonds. The van der Waals surface area contributed by atoms with Crippen molar-refractivity contribution >= 4 is 24.2 Å². The van der Waals surface area contributed by atoms with Crippen LogP contribution in [-0.4, -0.2) is 36.3 Å². The number of amides is 2. The Morgan fingerprint density at radius 1 is 1.14 bits per heavy atom. The van der Waals surface area contributed by atoms with Crippen LogP contribution in [0.4, 0.5) is 0 Å². The van der Waals surface area contributed by atoms with Crippen LogP contribution in [0, 0.1) is 23.2 Å². The fraction of sp³-hybridized carbons (Fsp3) is 0.875. The lowest BCUT2D eigenvalue weighted by Gasteiger charge is -2.57. The highest BCUT2D eigenvalue weighted by molar-refractivity contribution is 5.87. The molecule has 6 heteroatoms. The Bertz CT molecular complexity index is 419. The summed E-state index contributed by atoms with van der Waals surface area (Å²) in [6.45, 7) is 0.793. The van der Waals surface area contributed by atoms with Crippen molar-refractivity contribution in [2.24, 2.45) is 34.6 Å². The van der Waals surface area contributed by atoms with Crippen molar-refractivity contribution < 1.29 is 9.59 Å². The van der Waals surface area contributed by atoms with Crippen molar-refractivity contribution in [1.82, 2.24) is 4.90 Å². The van der Waals surface area contributed by atoms with Crippen LogP contribution < -0.4 is 11.5 Å². The van der Waals surface area contributed by atoms with Crippen LogP contribution >= 0.6 is 12.4 Å². The van der Waals surface area contributed by atoms with Crippen LogP contribution in [0.25, 0.3) is 0 Å². The van der Waals surface area contributed by atoms with Crippen molar-refractivity contribution in [3.63, 3.8) is 0 Å². The molecule has 4 rings (SSSR count). The molecule has 126 valence electrons. The molecule has 0 heterocycles. The molecule has 4 bridgehead atoms. The Labute approximate surface area is 138 Å². The van der Waals surface area contributed by atoms with Gasteiger partial charge in [0.1, 0.15) is 0 Å². The summed E-state index contributed by atoms with van der Waals surface area (Å²) in [7, 11) is 1.82. The molecule has 5 nitrogen and oxygen atoms in total. The van der Waals surface area contributed by atoms with Crippen LogP contribution in [0.5, 0.6) is 0 Å². The van der Waals surface area contributed by atoms with E-state index in [1.54, 1.807) is 4.90 Å². The zero-order valence-electron chi connectivity index (χ0n) is 13.3. The molecular formula is C16H28ClN3O2. The molecule has 0 spiro atoms. The average Bonchev–Trinajstić information content (AvgIpc) is 2.34. The van der Waals surface area contributed by atoms with Gasteiger partial charge >= 0.3 is 0 Å². The molecule has 0 saturated heterocycles. The normalized spacial score (nSPS) is 36.5. The molecule has 0 aromatic heterocycles. The number of hydrogen-bond donors (Lipinski definition) is 2. The number of nitrogens with zero attached hydrogens (tertiary/aromatic N) is 1. The SMILES string of the molecule is CN(CC12CC3CC(CC(C3)C1)C2)C(=O)C(N)CC(N)=O.Cl. The Hall–Kier alpha value is -0.810. The Morgan fingerprint density at radius 2 is 1.59 bits per heavy atom. The molecule has 4 fully saturated rings. The number of nitrogens with two attached hydrogens (primary N) is 2. The predicted molar refractivity (Wildman–Crippen MR) is 87.3 cm³/mol. The van der Waals surface area contributed by atoms with Crippen molar-refractivity contribution in [2.45, 2.75) is 51.0 Å². The van der Waals surface area contributed by atoms with Gasteiger partial charge in [-0.1, -0.05) is 0 Å². The summed E-state index contributed by atoms with van der Waals surface area (Å²) in [6.07, 6.45) is 7.93. The van der Waals surface area contributed by atoms with Gasteiger partial charge in [-0.2, -0.15) is 0 Å². The lowest BCUT2D eigenvalue weighted by Crippen LogP contribution is -2.53. The molecule has 4 aliphatic carbocycles. The van der Waals surface area contributed by atoms with Crippen molar-refractivity contribution in [1.29, 1.82) is 0 Å². The number of likely N-dealkylation sites (N-methyl/N-ethyl adjacent to an activating group) is 1. The first-order valence-electron chi connectivity index (χ1n) is 8.16. The number of primary amides is 1. The maximum atomic E-state index is 12.3. The topological polar surface area (TPSA) is 89.4 Å². The number of carbonyl (C=O) groups is 2. The molecule has 1 unspecified atom stereocenters. The van der Waals surface area contributed by atoms with Crippen molar-refractivity contribution in [3.05, 3.63) is 0 Å². The number of carbonyl (C=O) groups excluding carboxylic acids is 2. The first-order valence-corrected chi connectivity index (χ1v) is 8.16. The molecule has 4 saturated carbocycles. The standard InChI is InChI=1S/C16H27N3O2.ClH/c1-19(15(21)13(17)5-14(18)20)9-16-6-10-2-11(7-16)4-12(3-10)8-16;/h10-13H,2-9,17H2,1H3,(H2,18,20);1H. The Balaban J connectivity index is 0.00000176. The fourth-order valence-electron chi connectivity index (χ4n) is 5.65. The summed E-state index contributed by atoms with van der Waals surface area (Å²) in [5.41, 5.74) is 11.2. The van der Waals surface area contributed by atoms with E-state index in [4.69, 9.17) is 11.5 Å². The van der Waals surface area contributed by atoms with E-state index in [2.05, 4.69) is 0 Å². The summed E-state index contributed by atoms with van der Waals surface area (Å²) in [6, 6.07) is -0.790. The van der Waals surface area contributed by atoms with E-state index in [1.807, 2.05) is 7.05 Å². The van der Waals surface area contributed by atoms with Crippen molar-refractivity contribution in [2.75, 3.05) is 13.6 Å². The second-order valence-corrected chi connectivity index (χ2v) is 7.89. The highest BCUT2D eigenvalue weighted by atomic mass is 35.5. The minimum atomic E-state index is -0.790. The lowest BCUT2D eigenvalue weighted by molar-refractivity contribution is -0.138. The lowest BCUT2D eigenvalue weighted by atomic mass is 9.49. The van der Waals surface area contributed by atoms with Crippen LogP contribution in [-0.2, 0) is 9.59 Å². The van der Waals surface area contributed by atoms with Crippen LogP contribution in [0.3, 0.4) is 0 Å². The van der Waals surface area contributed by atoms with E-state index in [1.165, 1.54) is 38.5 Å². The van der Waals surface area contributed by atoms with E-state index in [9.17, 15) is 9.59 Å². The molecule has 22 heavy (non-hydrogen) atoms. The van der Waals surface area contributed by atoms with Gasteiger partial charge < -0.3 is 16.4 Å². The number of rotatable bonds is 5. The van der Waals surface area contributed by atoms with E-state index in [0.717, 1.165) is 24.3 Å². The zero-order valence-corrected chi connectivity index (χ0v) is 14.1. The van der Waals surface area contributed by atoms with Gasteiger partial charge in [0.25, 0.3) is 0 Å². The smallest absolute Gasteiger partial charge is 0.239 e. The highest BCUT2D eigenvalue weighted by Gasteiger charge is 2.51. The van der Waals surface area contributed by atoms with Gasteiger partial charge in [-0.25, -0.2) is 0 Å². The minimum absolute atomic E-state index is 0. The van der Waals surface area contributed by atoms with Crippen molar-refractivity contribution in [3.8, 4) is 0 Å². The number of hydrogen-bond acceptors (Lipinski definition) is 3. The highest BCUT2D eigenvalue weighted by Crippen LogP contribution is 2.60. The van der Waals surface area contributed by atoms with E-state index < -0.39 is 11.9 Å². The quantitative estimate of drug-likeness (QED) is 0.796. The molecule has 0 aliphatic heterocycles. The van der Waals surface area contributed by atoms with Crippen LogP contribution in [0.1, 0.15) is 44.9 Å². The average molecular weight is 330 g/mol. The first-order chi connectivity index (χ1) is 9.87. The molecule has 4 aliphatic rings. The van der Waals surface area contributed by atoms with Gasteiger partial charge in [0.05, 0.1) is 12.5 Å². The summed E-state index contributed by atoms with van der Waals surface area (Å²) in [5.74, 6) is 1.96. The van der Waals surface area contributed by atoms with E-state index in [-0.39, 0.29) is 24.7 Å². The van der Waals surface area contributed by atoms with Gasteiger partial charge in [0.2, 0.25) is 11.8 Å². The third-order valence-corrected chi connectivity index (χ3v) is 5.85. The Kier molecular flexibility index (Phi) is 5.07. The molecule has 0 radical (unpaired) electrons. The van der Waals surface area contributed by atoms with Gasteiger partial charge in [0.15, 0.2) is 0 Å². The van der Waals surface area contributed by atoms with Crippen LogP contribution in [0.2, 0.25) is 0 Å². The van der Waals surface area contributed by atoms with Gasteiger partial charge in [-0.15, -0.1) is 12.4 Å². The Morgan fingerprint density at radius 3 is 2.00 bits per heavy atom. The summed E-state index contributed by atoms with van der Waals surface area (Å²) in [4.78, 5) is 25.0. The third kappa shape index (κ3) is 3.40. The van der Waals surface area contributed by atoms with E-state index in [0.29, 0.717) is 5.41 Å². The fourth-order valence-corrected chi connectivity index (χ4v) is 5.65. The molecular weight excluding hydrogens is 302 g/mol. The summed E-state index contributed by atoms with van der Waals surface area (Å²) >= 11 is 0. The monoisotopic (exact) mass is 329 g/mol. The second-order valence-electron chi connectivity index (χ2n) is 7.89. The summed E-state index contributed by atoms with van der Waals surface area (Å²) < 4.78 is 0. The zero-order chi connectivity index (χ0) is 15.2. The molecule has 1 atom stereocenters. The maximum absolute atomic E-state index is 12.3. The number of halogens is 1. The summed E-state index contributed by atoms with van der Waals surface area (Å²) in [5, 5.41) is 0. The minimum Gasteiger partial charge on any atom is -0.370 e. The molecule has 4 N–H and O–H groups in total. The molecule has 0 aromatic rings. The maximum Gasteiger partial charge on any atom is 0.239 e. The predicted octanol–water partition coefficient (Wildman–Crippen LogP) is 1.29.